The molecular formula is C13H13BrN2O2. The van der Waals surface area contributed by atoms with Crippen LogP contribution < -0.4 is 5.73 Å². The molecule has 2 atom stereocenters. The number of benzene rings is 1. The molecule has 1 aliphatic carbocycles. The number of nitrogens with zero attached hydrogens (tertiary/aromatic N) is 1. The van der Waals surface area contributed by atoms with Crippen LogP contribution in [0, 0.1) is 0 Å². The van der Waals surface area contributed by atoms with Gasteiger partial charge in [-0.2, -0.15) is 0 Å². The highest BCUT2D eigenvalue weighted by Crippen LogP contribution is 2.32. The molecule has 0 aromatic heterocycles. The third-order valence-electron chi connectivity index (χ3n) is 3.74. The van der Waals surface area contributed by atoms with Gasteiger partial charge in [0.2, 0.25) is 0 Å². The van der Waals surface area contributed by atoms with Crippen LogP contribution in [0.5, 0.6) is 0 Å². The van der Waals surface area contributed by atoms with Crippen molar-refractivity contribution in [3.05, 3.63) is 33.8 Å². The molecule has 1 aromatic carbocycles. The second-order valence-corrected chi connectivity index (χ2v) is 5.75. The number of nitrogens with two attached hydrogens (primary N) is 1. The number of carbonyl (C=O) groups is 2. The maximum atomic E-state index is 12.3. The highest BCUT2D eigenvalue weighted by Gasteiger charge is 2.43. The van der Waals surface area contributed by atoms with Crippen LogP contribution in [-0.4, -0.2) is 28.8 Å². The zero-order valence-corrected chi connectivity index (χ0v) is 11.3. The lowest BCUT2D eigenvalue weighted by molar-refractivity contribution is 0.0575. The first-order valence-corrected chi connectivity index (χ1v) is 6.82. The standard InChI is InChI=1S/C13H13BrN2O2/c14-7-4-5-8-9(6-7)13(18)16(12(8)17)11-3-1-2-10(11)15/h4-6,10-11H,1-3,15H2. The maximum Gasteiger partial charge on any atom is 0.261 e. The van der Waals surface area contributed by atoms with Gasteiger partial charge in [-0.3, -0.25) is 14.5 Å². The number of hydrogen-bond acceptors (Lipinski definition) is 3. The van der Waals surface area contributed by atoms with E-state index in [1.165, 1.54) is 4.90 Å². The summed E-state index contributed by atoms with van der Waals surface area (Å²) in [4.78, 5) is 26.0. The first-order chi connectivity index (χ1) is 8.59. The van der Waals surface area contributed by atoms with E-state index in [1.807, 2.05) is 0 Å². The smallest absolute Gasteiger partial charge is 0.261 e. The lowest BCUT2D eigenvalue weighted by atomic mass is 10.1. The lowest BCUT2D eigenvalue weighted by Crippen LogP contribution is -2.47. The average Bonchev–Trinajstić information content (AvgIpc) is 2.84. The van der Waals surface area contributed by atoms with Crippen molar-refractivity contribution in [2.45, 2.75) is 31.3 Å². The Balaban J connectivity index is 2.01. The third kappa shape index (κ3) is 1.61. The number of imide groups is 1. The molecule has 94 valence electrons. The van der Waals surface area contributed by atoms with E-state index in [0.717, 1.165) is 23.7 Å². The molecular weight excluding hydrogens is 296 g/mol. The Morgan fingerprint density at radius 3 is 2.56 bits per heavy atom. The quantitative estimate of drug-likeness (QED) is 0.806. The molecule has 5 heteroatoms. The minimum absolute atomic E-state index is 0.0874. The van der Waals surface area contributed by atoms with E-state index in [2.05, 4.69) is 15.9 Å². The van der Waals surface area contributed by atoms with E-state index in [1.54, 1.807) is 18.2 Å². The van der Waals surface area contributed by atoms with Crippen LogP contribution in [0.15, 0.2) is 22.7 Å². The lowest BCUT2D eigenvalue weighted by Gasteiger charge is -2.25. The third-order valence-corrected chi connectivity index (χ3v) is 4.24. The van der Waals surface area contributed by atoms with Crippen molar-refractivity contribution in [1.29, 1.82) is 0 Å². The van der Waals surface area contributed by atoms with Gasteiger partial charge in [-0.15, -0.1) is 0 Å². The number of halogens is 1. The summed E-state index contributed by atoms with van der Waals surface area (Å²) in [7, 11) is 0. The van der Waals surface area contributed by atoms with Crippen molar-refractivity contribution in [2.24, 2.45) is 5.73 Å². The van der Waals surface area contributed by atoms with Crippen molar-refractivity contribution < 1.29 is 9.59 Å². The second kappa shape index (κ2) is 4.17. The average molecular weight is 309 g/mol. The highest BCUT2D eigenvalue weighted by atomic mass is 79.9. The molecule has 1 saturated carbocycles. The summed E-state index contributed by atoms with van der Waals surface area (Å²) in [5, 5.41) is 0. The summed E-state index contributed by atoms with van der Waals surface area (Å²) >= 11 is 3.32. The van der Waals surface area contributed by atoms with Crippen LogP contribution in [0.1, 0.15) is 40.0 Å². The van der Waals surface area contributed by atoms with E-state index >= 15 is 0 Å². The summed E-state index contributed by atoms with van der Waals surface area (Å²) in [5.74, 6) is -0.413. The Morgan fingerprint density at radius 2 is 1.89 bits per heavy atom. The number of hydrogen-bond donors (Lipinski definition) is 1. The summed E-state index contributed by atoms with van der Waals surface area (Å²) in [5.41, 5.74) is 6.96. The fraction of sp³-hybridized carbons (Fsp3) is 0.385. The van der Waals surface area contributed by atoms with Gasteiger partial charge < -0.3 is 5.73 Å². The van der Waals surface area contributed by atoms with Crippen LogP contribution in [0.4, 0.5) is 0 Å². The molecule has 0 radical (unpaired) electrons. The Bertz CT molecular complexity index is 544. The minimum Gasteiger partial charge on any atom is -0.326 e. The molecule has 0 bridgehead atoms. The van der Waals surface area contributed by atoms with Crippen LogP contribution in [0.25, 0.3) is 0 Å². The SMILES string of the molecule is NC1CCCC1N1C(=O)c2ccc(Br)cc2C1=O. The van der Waals surface area contributed by atoms with Gasteiger partial charge in [0.25, 0.3) is 11.8 Å². The molecule has 2 aliphatic rings. The molecule has 2 unspecified atom stereocenters. The van der Waals surface area contributed by atoms with Crippen molar-refractivity contribution in [3.63, 3.8) is 0 Å². The Labute approximate surface area is 113 Å². The minimum atomic E-state index is -0.210. The Morgan fingerprint density at radius 1 is 1.17 bits per heavy atom. The number of rotatable bonds is 1. The van der Waals surface area contributed by atoms with E-state index < -0.39 is 0 Å². The van der Waals surface area contributed by atoms with Gasteiger partial charge in [0.05, 0.1) is 17.2 Å². The molecule has 1 fully saturated rings. The monoisotopic (exact) mass is 308 g/mol. The predicted molar refractivity (Wildman–Crippen MR) is 70.3 cm³/mol. The van der Waals surface area contributed by atoms with Crippen molar-refractivity contribution in [1.82, 2.24) is 4.90 Å². The molecule has 1 aliphatic heterocycles. The zero-order chi connectivity index (χ0) is 12.9. The van der Waals surface area contributed by atoms with Gasteiger partial charge in [0.15, 0.2) is 0 Å². The topological polar surface area (TPSA) is 63.4 Å². The summed E-state index contributed by atoms with van der Waals surface area (Å²) in [6.07, 6.45) is 2.67. The van der Waals surface area contributed by atoms with Crippen molar-refractivity contribution >= 4 is 27.7 Å². The Kier molecular flexibility index (Phi) is 2.75. The molecule has 0 saturated heterocycles. The van der Waals surface area contributed by atoms with E-state index in [-0.39, 0.29) is 23.9 Å². The number of amides is 2. The van der Waals surface area contributed by atoms with E-state index in [0.29, 0.717) is 11.1 Å². The van der Waals surface area contributed by atoms with Crippen LogP contribution in [0.3, 0.4) is 0 Å². The van der Waals surface area contributed by atoms with Gasteiger partial charge >= 0.3 is 0 Å². The molecule has 2 N–H and O–H groups in total. The fourth-order valence-electron chi connectivity index (χ4n) is 2.82. The molecule has 4 nitrogen and oxygen atoms in total. The van der Waals surface area contributed by atoms with Crippen LogP contribution in [-0.2, 0) is 0 Å². The maximum absolute atomic E-state index is 12.3. The predicted octanol–water partition coefficient (Wildman–Crippen LogP) is 1.92. The summed E-state index contributed by atoms with van der Waals surface area (Å²) < 4.78 is 0.806. The van der Waals surface area contributed by atoms with Gasteiger partial charge in [-0.1, -0.05) is 15.9 Å². The largest absolute Gasteiger partial charge is 0.326 e. The molecule has 0 spiro atoms. The molecule has 18 heavy (non-hydrogen) atoms. The molecule has 1 aromatic rings. The second-order valence-electron chi connectivity index (χ2n) is 4.83. The van der Waals surface area contributed by atoms with Crippen LogP contribution >= 0.6 is 15.9 Å². The summed E-state index contributed by atoms with van der Waals surface area (Å²) in [6, 6.07) is 4.95. The normalized spacial score (nSPS) is 26.9. The van der Waals surface area contributed by atoms with Crippen molar-refractivity contribution in [2.75, 3.05) is 0 Å². The van der Waals surface area contributed by atoms with E-state index in [9.17, 15) is 9.59 Å². The summed E-state index contributed by atoms with van der Waals surface area (Å²) in [6.45, 7) is 0. The first-order valence-electron chi connectivity index (χ1n) is 6.02. The molecule has 1 heterocycles. The van der Waals surface area contributed by atoms with Crippen molar-refractivity contribution in [3.8, 4) is 0 Å². The van der Waals surface area contributed by atoms with E-state index in [4.69, 9.17) is 5.73 Å². The van der Waals surface area contributed by atoms with Gasteiger partial charge in [0, 0.05) is 10.5 Å². The van der Waals surface area contributed by atoms with Crippen LogP contribution in [0.2, 0.25) is 0 Å². The number of fused-ring (bicyclic) bond motifs is 1. The zero-order valence-electron chi connectivity index (χ0n) is 9.73. The van der Waals surface area contributed by atoms with Gasteiger partial charge in [0.1, 0.15) is 0 Å². The number of carbonyl (C=O) groups excluding carboxylic acids is 2. The highest BCUT2D eigenvalue weighted by molar-refractivity contribution is 9.10. The first kappa shape index (κ1) is 11.9. The van der Waals surface area contributed by atoms with Gasteiger partial charge in [-0.05, 0) is 37.5 Å². The fourth-order valence-corrected chi connectivity index (χ4v) is 3.18. The molecule has 3 rings (SSSR count). The molecule has 2 amide bonds. The Hall–Kier alpha value is -1.20. The van der Waals surface area contributed by atoms with Gasteiger partial charge in [-0.25, -0.2) is 0 Å².